The summed E-state index contributed by atoms with van der Waals surface area (Å²) < 4.78 is 113. The Bertz CT molecular complexity index is 3830. The van der Waals surface area contributed by atoms with Gasteiger partial charge in [0, 0.05) is 41.9 Å². The second kappa shape index (κ2) is 19.1. The predicted molar refractivity (Wildman–Crippen MR) is 257 cm³/mol. The normalized spacial score (nSPS) is 12.2. The molecule has 6 aromatic carbocycles. The van der Waals surface area contributed by atoms with E-state index >= 15 is 0 Å². The fourth-order valence-corrected chi connectivity index (χ4v) is 9.28. The van der Waals surface area contributed by atoms with Gasteiger partial charge in [0.25, 0.3) is 30.4 Å². The third kappa shape index (κ3) is 10.4. The Morgan fingerprint density at radius 1 is 0.657 bits per heavy atom. The zero-order valence-electron chi connectivity index (χ0n) is 37.0. The van der Waals surface area contributed by atoms with Gasteiger partial charge in [0.05, 0.1) is 36.6 Å². The van der Waals surface area contributed by atoms with Crippen molar-refractivity contribution in [1.29, 1.82) is 0 Å². The Kier molecular flexibility index (Phi) is 13.1. The number of fused-ring (bicyclic) bond motifs is 2. The quantitative estimate of drug-likeness (QED) is 0.0386. The smallest absolute Gasteiger partial charge is 0.444 e. The molecule has 25 heteroatoms. The molecule has 356 valence electrons. The number of rotatable bonds is 14. The van der Waals surface area contributed by atoms with E-state index in [0.29, 0.717) is 0 Å². The molecule has 0 aliphatic rings. The van der Waals surface area contributed by atoms with E-state index in [1.54, 1.807) is 28.8 Å². The molecule has 0 aliphatic heterocycles. The van der Waals surface area contributed by atoms with Crippen molar-refractivity contribution in [3.05, 3.63) is 133 Å². The molecule has 1 amide bonds. The number of methoxy groups -OCH3 is 1. The first kappa shape index (κ1) is 48.3. The molecular weight excluding hydrogens is 967 g/mol. The molecule has 8 aromatic rings. The lowest BCUT2D eigenvalue weighted by atomic mass is 10.1. The number of amides is 1. The van der Waals surface area contributed by atoms with Gasteiger partial charge in [-0.25, -0.2) is 4.57 Å². The molecule has 0 atom stereocenters. The van der Waals surface area contributed by atoms with Crippen molar-refractivity contribution in [3.63, 3.8) is 0 Å². The minimum atomic E-state index is -4.98. The van der Waals surface area contributed by atoms with Crippen molar-refractivity contribution < 1.29 is 53.0 Å². The van der Waals surface area contributed by atoms with Crippen molar-refractivity contribution in [2.24, 2.45) is 20.5 Å². The van der Waals surface area contributed by atoms with Crippen LogP contribution in [0.5, 0.6) is 5.75 Å². The number of carbonyl (C=O) groups excluding carboxylic acids is 1. The van der Waals surface area contributed by atoms with Gasteiger partial charge >= 0.3 is 17.8 Å². The molecule has 2 heterocycles. The number of hydrogen-bond acceptors (Lipinski definition) is 17. The first-order valence-electron chi connectivity index (χ1n) is 20.4. The summed E-state index contributed by atoms with van der Waals surface area (Å²) in [5.41, 5.74) is 1.23. The van der Waals surface area contributed by atoms with E-state index in [0.717, 1.165) is 29.4 Å². The van der Waals surface area contributed by atoms with E-state index < -0.39 is 56.6 Å². The number of anilines is 5. The number of carbonyl (C=O) groups is 1. The first-order valence-corrected chi connectivity index (χ1v) is 24.7. The van der Waals surface area contributed by atoms with Crippen LogP contribution in [0.25, 0.3) is 27.5 Å². The van der Waals surface area contributed by atoms with E-state index in [-0.39, 0.29) is 73.6 Å². The molecule has 70 heavy (non-hydrogen) atoms. The Balaban J connectivity index is 1.22. The van der Waals surface area contributed by atoms with Gasteiger partial charge < -0.3 is 15.4 Å². The van der Waals surface area contributed by atoms with Gasteiger partial charge in [-0.2, -0.15) is 25.3 Å². The lowest BCUT2D eigenvalue weighted by molar-refractivity contribution is -0.604. The number of para-hydroxylation sites is 1. The van der Waals surface area contributed by atoms with Crippen LogP contribution in [0.2, 0.25) is 0 Å². The second-order valence-electron chi connectivity index (χ2n) is 15.2. The Morgan fingerprint density at radius 2 is 1.33 bits per heavy atom. The SMILES string of the molecule is COc1cc(N=Nc2cc3c(S(=O)(=O)O)cccc3cc2S(=O)(=O)O)c(NC(C)=O)cc1N=Nc1ccc(Nc2nc(N(C)c3ccccc3)nc(-[n+]3cccc(C)c3)n2)c2c(S(=O)(=O)O)cccc12. The third-order valence-corrected chi connectivity index (χ3v) is 13.0. The number of benzene rings is 6. The zero-order valence-corrected chi connectivity index (χ0v) is 39.4. The highest BCUT2D eigenvalue weighted by Crippen LogP contribution is 2.43. The fourth-order valence-electron chi connectivity index (χ4n) is 7.21. The van der Waals surface area contributed by atoms with Crippen LogP contribution in [0.4, 0.5) is 51.7 Å². The van der Waals surface area contributed by atoms with Gasteiger partial charge in [0.1, 0.15) is 37.5 Å². The largest absolute Gasteiger partial charge is 0.494 e. The Hall–Kier alpha value is -8.20. The van der Waals surface area contributed by atoms with E-state index in [9.17, 15) is 43.7 Å². The number of aromatic nitrogens is 4. The molecule has 0 unspecified atom stereocenters. The minimum Gasteiger partial charge on any atom is -0.494 e. The van der Waals surface area contributed by atoms with Crippen LogP contribution < -0.4 is 24.8 Å². The van der Waals surface area contributed by atoms with Crippen LogP contribution in [0.15, 0.2) is 163 Å². The molecule has 0 saturated carbocycles. The lowest BCUT2D eigenvalue weighted by Gasteiger charge is -2.16. The van der Waals surface area contributed by atoms with Crippen LogP contribution >= 0.6 is 0 Å². The van der Waals surface area contributed by atoms with Crippen LogP contribution in [0.1, 0.15) is 12.5 Å². The summed E-state index contributed by atoms with van der Waals surface area (Å²) in [7, 11) is -11.6. The highest BCUT2D eigenvalue weighted by molar-refractivity contribution is 7.86. The van der Waals surface area contributed by atoms with Crippen molar-refractivity contribution in [3.8, 4) is 11.7 Å². The van der Waals surface area contributed by atoms with Crippen LogP contribution in [0.3, 0.4) is 0 Å². The number of aryl methyl sites for hydroxylation is 1. The zero-order chi connectivity index (χ0) is 50.1. The van der Waals surface area contributed by atoms with E-state index in [2.05, 4.69) is 41.1 Å². The average molecular weight is 1010 g/mol. The Morgan fingerprint density at radius 3 is 2.01 bits per heavy atom. The summed E-state index contributed by atoms with van der Waals surface area (Å²) in [6, 6.07) is 28.5. The monoisotopic (exact) mass is 1000 g/mol. The number of azo groups is 2. The standard InChI is InChI=1S/C45H37N11O11S3/c1-26-11-10-20-56(25-26)45-49-43(48-44(50-45)55(3)29-13-6-5-7-14-29)47-33-19-18-32(30-15-9-17-40(42(30)33)69(61,62)63)51-53-36-23-34(46-27(2)57)35(24-38(36)67-4)52-54-37-22-31-28(21-41(37)70(64,65)66)12-8-16-39(31)68(58,59)60/h5-25H,1-4H3,(H4-,46,47,48,49,50,53,54,57,58,59,60,61,62,63,64,65,66)/p+1. The fraction of sp³-hybridized carbons (Fsp3) is 0.0889. The van der Waals surface area contributed by atoms with Gasteiger partial charge in [-0.1, -0.05) is 48.5 Å². The summed E-state index contributed by atoms with van der Waals surface area (Å²) in [5.74, 6) is -0.107. The van der Waals surface area contributed by atoms with Crippen molar-refractivity contribution in [2.45, 2.75) is 28.5 Å². The topological polar surface area (TPSA) is 309 Å². The summed E-state index contributed by atoms with van der Waals surface area (Å²) in [6.45, 7) is 3.10. The molecule has 0 aliphatic carbocycles. The lowest BCUT2D eigenvalue weighted by Crippen LogP contribution is -2.34. The highest BCUT2D eigenvalue weighted by Gasteiger charge is 2.26. The highest BCUT2D eigenvalue weighted by atomic mass is 32.2. The molecule has 0 saturated heterocycles. The molecule has 2 aromatic heterocycles. The molecular formula is C45H38N11O11S3+. The molecule has 8 rings (SSSR count). The number of nitrogens with one attached hydrogen (secondary N) is 2. The molecule has 5 N–H and O–H groups in total. The summed E-state index contributed by atoms with van der Waals surface area (Å²) in [5, 5.41) is 22.7. The Labute approximate surface area is 399 Å². The molecule has 0 fully saturated rings. The van der Waals surface area contributed by atoms with Gasteiger partial charge in [0.15, 0.2) is 0 Å². The predicted octanol–water partition coefficient (Wildman–Crippen LogP) is 8.81. The maximum atomic E-state index is 13.0. The number of hydrogen-bond donors (Lipinski definition) is 5. The molecule has 0 spiro atoms. The van der Waals surface area contributed by atoms with Crippen molar-refractivity contribution in [1.82, 2.24) is 15.0 Å². The van der Waals surface area contributed by atoms with Crippen molar-refractivity contribution in [2.75, 3.05) is 29.7 Å². The maximum Gasteiger partial charge on any atom is 0.444 e. The maximum absolute atomic E-state index is 13.0. The molecule has 0 bridgehead atoms. The molecule has 22 nitrogen and oxygen atoms in total. The van der Waals surface area contributed by atoms with Gasteiger partial charge in [-0.3, -0.25) is 23.4 Å². The minimum absolute atomic E-state index is 0.00459. The van der Waals surface area contributed by atoms with Gasteiger partial charge in [0.2, 0.25) is 5.91 Å². The second-order valence-corrected chi connectivity index (χ2v) is 19.4. The molecule has 0 radical (unpaired) electrons. The summed E-state index contributed by atoms with van der Waals surface area (Å²) in [6.07, 6.45) is 3.58. The van der Waals surface area contributed by atoms with Gasteiger partial charge in [-0.15, -0.1) is 25.4 Å². The van der Waals surface area contributed by atoms with Crippen LogP contribution in [0, 0.1) is 6.92 Å². The average Bonchev–Trinajstić information content (AvgIpc) is 3.31. The number of pyridine rings is 1. The van der Waals surface area contributed by atoms with E-state index in [4.69, 9.17) is 9.72 Å². The number of nitrogens with zero attached hydrogens (tertiary/aromatic N) is 9. The summed E-state index contributed by atoms with van der Waals surface area (Å²) >= 11 is 0. The first-order chi connectivity index (χ1) is 33.2. The van der Waals surface area contributed by atoms with E-state index in [1.807, 2.05) is 55.6 Å². The number of ether oxygens (including phenoxy) is 1. The van der Waals surface area contributed by atoms with Crippen LogP contribution in [-0.2, 0) is 35.1 Å². The van der Waals surface area contributed by atoms with Crippen molar-refractivity contribution >= 4 is 110 Å². The summed E-state index contributed by atoms with van der Waals surface area (Å²) in [4.78, 5) is 26.4. The van der Waals surface area contributed by atoms with Crippen LogP contribution in [-0.4, -0.2) is 73.9 Å². The van der Waals surface area contributed by atoms with E-state index in [1.165, 1.54) is 62.6 Å². The van der Waals surface area contributed by atoms with Gasteiger partial charge in [-0.05, 0) is 88.5 Å². The third-order valence-electron chi connectivity index (χ3n) is 10.4.